The standard InChI is InChI=1S/C27H31N3O3/c1-30(20-23-8-4-2-5-9-23)27(32)29-19-17-26(31)28-18-16-22-12-14-25(15-13-22)33-21-24-10-6-3-7-11-24/h2-15H,16-21H2,1H3,(H,28,31)(H,29,32). The maximum Gasteiger partial charge on any atom is 0.317 e. The SMILES string of the molecule is CN(Cc1ccccc1)C(=O)NCCC(=O)NCCc1ccc(OCc2ccccc2)cc1. The van der Waals surface area contributed by atoms with Crippen LogP contribution in [-0.2, 0) is 24.4 Å². The van der Waals surface area contributed by atoms with Crippen molar-refractivity contribution >= 4 is 11.9 Å². The molecular weight excluding hydrogens is 414 g/mol. The summed E-state index contributed by atoms with van der Waals surface area (Å²) in [6.07, 6.45) is 0.980. The lowest BCUT2D eigenvalue weighted by atomic mass is 10.1. The minimum Gasteiger partial charge on any atom is -0.489 e. The van der Waals surface area contributed by atoms with Gasteiger partial charge in [-0.1, -0.05) is 72.8 Å². The summed E-state index contributed by atoms with van der Waals surface area (Å²) in [5, 5.41) is 5.68. The highest BCUT2D eigenvalue weighted by Gasteiger charge is 2.09. The molecule has 0 aromatic heterocycles. The minimum absolute atomic E-state index is 0.0798. The van der Waals surface area contributed by atoms with Crippen LogP contribution in [0, 0.1) is 0 Å². The molecule has 0 aliphatic heterocycles. The van der Waals surface area contributed by atoms with Crippen LogP contribution >= 0.6 is 0 Å². The van der Waals surface area contributed by atoms with Crippen molar-refractivity contribution in [3.05, 3.63) is 102 Å². The van der Waals surface area contributed by atoms with Crippen molar-refractivity contribution in [3.63, 3.8) is 0 Å². The highest BCUT2D eigenvalue weighted by molar-refractivity contribution is 5.78. The van der Waals surface area contributed by atoms with Crippen LogP contribution in [0.25, 0.3) is 0 Å². The topological polar surface area (TPSA) is 70.7 Å². The number of hydrogen-bond acceptors (Lipinski definition) is 3. The lowest BCUT2D eigenvalue weighted by molar-refractivity contribution is -0.120. The van der Waals surface area contributed by atoms with E-state index < -0.39 is 0 Å². The molecule has 3 amide bonds. The smallest absolute Gasteiger partial charge is 0.317 e. The summed E-state index contributed by atoms with van der Waals surface area (Å²) < 4.78 is 5.80. The second-order valence-electron chi connectivity index (χ2n) is 7.84. The van der Waals surface area contributed by atoms with Crippen molar-refractivity contribution < 1.29 is 14.3 Å². The number of carbonyl (C=O) groups is 2. The van der Waals surface area contributed by atoms with Gasteiger partial charge in [0.1, 0.15) is 12.4 Å². The molecule has 0 unspecified atom stereocenters. The van der Waals surface area contributed by atoms with E-state index in [-0.39, 0.29) is 18.4 Å². The van der Waals surface area contributed by atoms with Crippen molar-refractivity contribution in [2.75, 3.05) is 20.1 Å². The quantitative estimate of drug-likeness (QED) is 0.466. The van der Waals surface area contributed by atoms with Crippen LogP contribution in [0.5, 0.6) is 5.75 Å². The molecular formula is C27H31N3O3. The molecule has 3 aromatic carbocycles. The van der Waals surface area contributed by atoms with Crippen LogP contribution < -0.4 is 15.4 Å². The van der Waals surface area contributed by atoms with E-state index in [4.69, 9.17) is 4.74 Å². The lowest BCUT2D eigenvalue weighted by Crippen LogP contribution is -2.39. The molecule has 0 saturated heterocycles. The number of benzene rings is 3. The first-order valence-corrected chi connectivity index (χ1v) is 11.2. The van der Waals surface area contributed by atoms with E-state index in [1.807, 2.05) is 84.9 Å². The number of carbonyl (C=O) groups excluding carboxylic acids is 2. The predicted molar refractivity (Wildman–Crippen MR) is 130 cm³/mol. The fourth-order valence-electron chi connectivity index (χ4n) is 3.27. The van der Waals surface area contributed by atoms with Crippen molar-refractivity contribution in [2.24, 2.45) is 0 Å². The van der Waals surface area contributed by atoms with Gasteiger partial charge in [0, 0.05) is 33.1 Å². The van der Waals surface area contributed by atoms with Gasteiger partial charge in [0.25, 0.3) is 0 Å². The zero-order valence-electron chi connectivity index (χ0n) is 19.0. The molecule has 0 atom stereocenters. The van der Waals surface area contributed by atoms with Gasteiger partial charge in [0.15, 0.2) is 0 Å². The van der Waals surface area contributed by atoms with Gasteiger partial charge in [0.05, 0.1) is 0 Å². The fraction of sp³-hybridized carbons (Fsp3) is 0.259. The minimum atomic E-state index is -0.193. The van der Waals surface area contributed by atoms with Crippen LogP contribution in [0.4, 0.5) is 4.79 Å². The van der Waals surface area contributed by atoms with Crippen molar-refractivity contribution in [2.45, 2.75) is 26.0 Å². The molecule has 6 heteroatoms. The van der Waals surface area contributed by atoms with Gasteiger partial charge in [-0.25, -0.2) is 4.79 Å². The lowest BCUT2D eigenvalue weighted by Gasteiger charge is -2.18. The van der Waals surface area contributed by atoms with Crippen molar-refractivity contribution in [3.8, 4) is 5.75 Å². The summed E-state index contributed by atoms with van der Waals surface area (Å²) in [5.74, 6) is 0.739. The Morgan fingerprint density at radius 3 is 2.06 bits per heavy atom. The van der Waals surface area contributed by atoms with E-state index >= 15 is 0 Å². The molecule has 0 heterocycles. The molecule has 0 bridgehead atoms. The molecule has 33 heavy (non-hydrogen) atoms. The third-order valence-electron chi connectivity index (χ3n) is 5.15. The molecule has 0 radical (unpaired) electrons. The molecule has 0 saturated carbocycles. The molecule has 172 valence electrons. The highest BCUT2D eigenvalue weighted by atomic mass is 16.5. The summed E-state index contributed by atoms with van der Waals surface area (Å²) >= 11 is 0. The third-order valence-corrected chi connectivity index (χ3v) is 5.15. The number of hydrogen-bond donors (Lipinski definition) is 2. The maximum atomic E-state index is 12.2. The average Bonchev–Trinajstić information content (AvgIpc) is 2.84. The monoisotopic (exact) mass is 445 g/mol. The summed E-state index contributed by atoms with van der Waals surface area (Å²) in [6.45, 7) is 1.91. The number of amides is 3. The second-order valence-corrected chi connectivity index (χ2v) is 7.84. The molecule has 0 fully saturated rings. The first-order valence-electron chi connectivity index (χ1n) is 11.2. The Bertz CT molecular complexity index is 992. The van der Waals surface area contributed by atoms with E-state index in [1.54, 1.807) is 11.9 Å². The number of nitrogens with one attached hydrogen (secondary N) is 2. The molecule has 0 aliphatic carbocycles. The van der Waals surface area contributed by atoms with Crippen molar-refractivity contribution in [1.29, 1.82) is 0 Å². The molecule has 3 aromatic rings. The second kappa shape index (κ2) is 12.9. The van der Waals surface area contributed by atoms with Crippen LogP contribution in [0.1, 0.15) is 23.1 Å². The van der Waals surface area contributed by atoms with Gasteiger partial charge >= 0.3 is 6.03 Å². The number of urea groups is 1. The number of ether oxygens (including phenoxy) is 1. The first kappa shape index (κ1) is 23.9. The summed E-state index contributed by atoms with van der Waals surface area (Å²) in [6, 6.07) is 27.5. The highest BCUT2D eigenvalue weighted by Crippen LogP contribution is 2.14. The zero-order chi connectivity index (χ0) is 23.3. The third kappa shape index (κ3) is 8.69. The fourth-order valence-corrected chi connectivity index (χ4v) is 3.27. The molecule has 0 aliphatic rings. The summed E-state index contributed by atoms with van der Waals surface area (Å²) in [5.41, 5.74) is 3.31. The Balaban J connectivity index is 1.28. The predicted octanol–water partition coefficient (Wildman–Crippen LogP) is 4.16. The van der Waals surface area contributed by atoms with Crippen molar-refractivity contribution in [1.82, 2.24) is 15.5 Å². The Labute approximate surface area is 195 Å². The van der Waals surface area contributed by atoms with E-state index in [2.05, 4.69) is 10.6 Å². The Hall–Kier alpha value is -3.80. The van der Waals surface area contributed by atoms with E-state index in [0.717, 1.165) is 28.9 Å². The average molecular weight is 446 g/mol. The van der Waals surface area contributed by atoms with Gasteiger partial charge in [-0.05, 0) is 35.2 Å². The van der Waals surface area contributed by atoms with Crippen LogP contribution in [0.15, 0.2) is 84.9 Å². The van der Waals surface area contributed by atoms with Gasteiger partial charge in [-0.2, -0.15) is 0 Å². The molecule has 6 nitrogen and oxygen atoms in total. The zero-order valence-corrected chi connectivity index (χ0v) is 19.0. The first-order chi connectivity index (χ1) is 16.1. The Kier molecular flexibility index (Phi) is 9.33. The van der Waals surface area contributed by atoms with Crippen LogP contribution in [0.3, 0.4) is 0 Å². The normalized spacial score (nSPS) is 10.3. The van der Waals surface area contributed by atoms with Crippen LogP contribution in [0.2, 0.25) is 0 Å². The summed E-state index contributed by atoms with van der Waals surface area (Å²) in [4.78, 5) is 25.8. The van der Waals surface area contributed by atoms with Gasteiger partial charge in [-0.3, -0.25) is 4.79 Å². The van der Waals surface area contributed by atoms with Gasteiger partial charge in [0.2, 0.25) is 5.91 Å². The molecule has 3 rings (SSSR count). The number of rotatable bonds is 11. The Morgan fingerprint density at radius 1 is 0.758 bits per heavy atom. The molecule has 0 spiro atoms. The number of nitrogens with zero attached hydrogens (tertiary/aromatic N) is 1. The van der Waals surface area contributed by atoms with E-state index in [1.165, 1.54) is 0 Å². The van der Waals surface area contributed by atoms with E-state index in [0.29, 0.717) is 26.2 Å². The molecule has 2 N–H and O–H groups in total. The van der Waals surface area contributed by atoms with Crippen LogP contribution in [-0.4, -0.2) is 37.0 Å². The Morgan fingerprint density at radius 2 is 1.39 bits per heavy atom. The van der Waals surface area contributed by atoms with E-state index in [9.17, 15) is 9.59 Å². The largest absolute Gasteiger partial charge is 0.489 e. The summed E-state index contributed by atoms with van der Waals surface area (Å²) in [7, 11) is 1.74. The van der Waals surface area contributed by atoms with Gasteiger partial charge in [-0.15, -0.1) is 0 Å². The maximum absolute atomic E-state index is 12.2. The van der Waals surface area contributed by atoms with Gasteiger partial charge < -0.3 is 20.3 Å².